The lowest BCUT2D eigenvalue weighted by atomic mass is 9.47. The van der Waals surface area contributed by atoms with Crippen molar-refractivity contribution in [2.75, 3.05) is 0 Å². The summed E-state index contributed by atoms with van der Waals surface area (Å²) in [5, 5.41) is 19.5. The van der Waals surface area contributed by atoms with Gasteiger partial charge in [-0.1, -0.05) is 60.2 Å². The number of benzene rings is 2. The van der Waals surface area contributed by atoms with Crippen LogP contribution in [0, 0.1) is 35.5 Å². The maximum absolute atomic E-state index is 9.97. The molecule has 0 aliphatic heterocycles. The van der Waals surface area contributed by atoms with Crippen LogP contribution < -0.4 is 0 Å². The molecule has 1 unspecified atom stereocenters. The molecule has 0 amide bonds. The number of fused-ring (bicyclic) bond motifs is 3. The minimum absolute atomic E-state index is 0.0823. The van der Waals surface area contributed by atoms with Crippen molar-refractivity contribution in [3.63, 3.8) is 0 Å². The third-order valence-electron chi connectivity index (χ3n) is 5.38. The van der Waals surface area contributed by atoms with Crippen molar-refractivity contribution in [2.24, 2.45) is 5.92 Å². The van der Waals surface area contributed by atoms with E-state index in [2.05, 4.69) is 30.3 Å². The Kier molecular flexibility index (Phi) is 2.90. The predicted octanol–water partition coefficient (Wildman–Crippen LogP) is 4.48. The molecule has 2 aliphatic rings. The number of allylic oxidation sites excluding steroid dienone is 2. The molecule has 4 rings (SSSR count). The minimum Gasteiger partial charge on any atom is -0.197 e. The van der Waals surface area contributed by atoms with Crippen LogP contribution in [0.2, 0.25) is 0 Å². The molecule has 2 aromatic carbocycles. The number of nitrogens with zero attached hydrogens (tertiary/aromatic N) is 2. The molecule has 2 nitrogen and oxygen atoms in total. The van der Waals surface area contributed by atoms with Gasteiger partial charge in [-0.3, -0.25) is 0 Å². The first-order valence-electron chi connectivity index (χ1n) is 7.89. The number of aryl methyl sites for hydroxylation is 1. The summed E-state index contributed by atoms with van der Waals surface area (Å²) >= 11 is 0. The smallest absolute Gasteiger partial charge is 0.0994 e. The Hall–Kier alpha value is -2.84. The van der Waals surface area contributed by atoms with Gasteiger partial charge in [-0.15, -0.1) is 0 Å². The Labute approximate surface area is 136 Å². The first-order valence-corrected chi connectivity index (χ1v) is 7.89. The van der Waals surface area contributed by atoms with Crippen molar-refractivity contribution >= 4 is 5.57 Å². The van der Waals surface area contributed by atoms with Crippen LogP contribution >= 0.6 is 0 Å². The summed E-state index contributed by atoms with van der Waals surface area (Å²) in [7, 11) is 0. The van der Waals surface area contributed by atoms with Crippen LogP contribution in [0.4, 0.5) is 0 Å². The second-order valence-electron chi connectivity index (χ2n) is 6.57. The summed E-state index contributed by atoms with van der Waals surface area (Å²) in [4.78, 5) is 0. The van der Waals surface area contributed by atoms with Crippen LogP contribution in [-0.2, 0) is 5.41 Å². The number of hydrogen-bond donors (Lipinski definition) is 0. The summed E-state index contributed by atoms with van der Waals surface area (Å²) in [6, 6.07) is 21.4. The van der Waals surface area contributed by atoms with Crippen LogP contribution in [-0.4, -0.2) is 0 Å². The fourth-order valence-electron chi connectivity index (χ4n) is 4.18. The molecule has 0 spiro atoms. The minimum atomic E-state index is -0.484. The molecule has 110 valence electrons. The van der Waals surface area contributed by atoms with Gasteiger partial charge in [0.1, 0.15) is 0 Å². The van der Waals surface area contributed by atoms with E-state index in [1.807, 2.05) is 43.3 Å². The Morgan fingerprint density at radius 1 is 1.09 bits per heavy atom. The third-order valence-corrected chi connectivity index (χ3v) is 5.38. The zero-order valence-corrected chi connectivity index (χ0v) is 13.0. The fraction of sp³-hybridized carbons (Fsp3) is 0.238. The number of nitriles is 2. The Morgan fingerprint density at radius 3 is 2.57 bits per heavy atom. The maximum atomic E-state index is 9.97. The lowest BCUT2D eigenvalue weighted by Crippen LogP contribution is -2.50. The van der Waals surface area contributed by atoms with E-state index < -0.39 is 5.41 Å². The molecule has 2 aromatic rings. The van der Waals surface area contributed by atoms with Crippen molar-refractivity contribution in [3.05, 3.63) is 76.9 Å². The molecular formula is C21H16N2. The molecule has 2 heteroatoms. The summed E-state index contributed by atoms with van der Waals surface area (Å²) in [5.41, 5.74) is 4.59. The molecule has 0 heterocycles. The average Bonchev–Trinajstić information content (AvgIpc) is 2.57. The van der Waals surface area contributed by atoms with Gasteiger partial charge < -0.3 is 0 Å². The maximum Gasteiger partial charge on any atom is 0.0994 e. The highest BCUT2D eigenvalue weighted by atomic mass is 14.6. The molecule has 3 atom stereocenters. The van der Waals surface area contributed by atoms with Gasteiger partial charge >= 0.3 is 0 Å². The standard InChI is InChI=1S/C21H16N2/c1-14-7-8-17-16(12-22)10-20-18(15-5-3-2-4-6-15)11-21(20,13-23)19(17)9-14/h2-10,18,20H,11H2,1H3/t18-,20?,21-/m0/s1. The van der Waals surface area contributed by atoms with Crippen LogP contribution in [0.5, 0.6) is 0 Å². The topological polar surface area (TPSA) is 47.6 Å². The van der Waals surface area contributed by atoms with E-state index in [-0.39, 0.29) is 5.92 Å². The third kappa shape index (κ3) is 1.79. The number of hydrogen-bond acceptors (Lipinski definition) is 2. The van der Waals surface area contributed by atoms with Gasteiger partial charge in [0.25, 0.3) is 0 Å². The van der Waals surface area contributed by atoms with E-state index in [0.29, 0.717) is 11.5 Å². The molecule has 0 saturated heterocycles. The van der Waals surface area contributed by atoms with E-state index in [4.69, 9.17) is 0 Å². The lowest BCUT2D eigenvalue weighted by molar-refractivity contribution is 0.180. The zero-order valence-electron chi connectivity index (χ0n) is 13.0. The lowest BCUT2D eigenvalue weighted by Gasteiger charge is -2.53. The van der Waals surface area contributed by atoms with Gasteiger partial charge in [0.05, 0.1) is 23.1 Å². The van der Waals surface area contributed by atoms with Crippen molar-refractivity contribution in [1.82, 2.24) is 0 Å². The molecule has 0 bridgehead atoms. The van der Waals surface area contributed by atoms with Crippen LogP contribution in [0.3, 0.4) is 0 Å². The molecule has 1 fully saturated rings. The van der Waals surface area contributed by atoms with E-state index in [1.54, 1.807) is 0 Å². The molecule has 0 radical (unpaired) electrons. The zero-order chi connectivity index (χ0) is 16.0. The van der Waals surface area contributed by atoms with Crippen molar-refractivity contribution in [1.29, 1.82) is 10.5 Å². The van der Waals surface area contributed by atoms with E-state index >= 15 is 0 Å². The summed E-state index contributed by atoms with van der Waals surface area (Å²) < 4.78 is 0. The van der Waals surface area contributed by atoms with E-state index in [9.17, 15) is 10.5 Å². The van der Waals surface area contributed by atoms with Crippen LogP contribution in [0.1, 0.15) is 34.6 Å². The molecular weight excluding hydrogens is 280 g/mol. The van der Waals surface area contributed by atoms with Crippen molar-refractivity contribution in [3.8, 4) is 12.1 Å². The first-order chi connectivity index (χ1) is 11.2. The van der Waals surface area contributed by atoms with Crippen LogP contribution in [0.25, 0.3) is 5.57 Å². The average molecular weight is 296 g/mol. The van der Waals surface area contributed by atoms with E-state index in [1.165, 1.54) is 5.56 Å². The Morgan fingerprint density at radius 2 is 1.87 bits per heavy atom. The highest BCUT2D eigenvalue weighted by molar-refractivity contribution is 5.83. The van der Waals surface area contributed by atoms with Crippen LogP contribution in [0.15, 0.2) is 54.6 Å². The van der Waals surface area contributed by atoms with E-state index in [0.717, 1.165) is 23.1 Å². The fourth-order valence-corrected chi connectivity index (χ4v) is 4.18. The normalized spacial score (nSPS) is 27.5. The second-order valence-corrected chi connectivity index (χ2v) is 6.57. The first kappa shape index (κ1) is 13.8. The molecule has 1 saturated carbocycles. The van der Waals surface area contributed by atoms with Gasteiger partial charge in [-0.05, 0) is 36.0 Å². The van der Waals surface area contributed by atoms with Gasteiger partial charge in [0.2, 0.25) is 0 Å². The highest BCUT2D eigenvalue weighted by Gasteiger charge is 2.57. The van der Waals surface area contributed by atoms with Crippen molar-refractivity contribution < 1.29 is 0 Å². The molecule has 2 aliphatic carbocycles. The largest absolute Gasteiger partial charge is 0.197 e. The summed E-state index contributed by atoms with van der Waals surface area (Å²) in [5.74, 6) is 0.395. The van der Waals surface area contributed by atoms with Gasteiger partial charge in [-0.2, -0.15) is 10.5 Å². The summed E-state index contributed by atoms with van der Waals surface area (Å²) in [6.07, 6.45) is 2.85. The van der Waals surface area contributed by atoms with Gasteiger partial charge in [0, 0.05) is 5.92 Å². The SMILES string of the molecule is Cc1ccc2c(c1)[C@@]1(C#N)C[C@@H](c3ccccc3)C1C=C2C#N. The van der Waals surface area contributed by atoms with Gasteiger partial charge in [-0.25, -0.2) is 0 Å². The molecule has 0 N–H and O–H groups in total. The Bertz CT molecular complexity index is 896. The molecule has 23 heavy (non-hydrogen) atoms. The number of rotatable bonds is 1. The highest BCUT2D eigenvalue weighted by Crippen LogP contribution is 2.61. The second kappa shape index (κ2) is 4.83. The van der Waals surface area contributed by atoms with Crippen molar-refractivity contribution in [2.45, 2.75) is 24.7 Å². The monoisotopic (exact) mass is 296 g/mol. The Balaban J connectivity index is 1.88. The van der Waals surface area contributed by atoms with Gasteiger partial charge in [0.15, 0.2) is 0 Å². The predicted molar refractivity (Wildman–Crippen MR) is 89.4 cm³/mol. The molecule has 0 aromatic heterocycles. The summed E-state index contributed by atoms with van der Waals surface area (Å²) in [6.45, 7) is 2.04. The quantitative estimate of drug-likeness (QED) is 0.779.